The fourth-order valence-electron chi connectivity index (χ4n) is 9.84. The third-order valence-corrected chi connectivity index (χ3v) is 13.1. The predicted octanol–water partition coefficient (Wildman–Crippen LogP) is 15.7. The summed E-state index contributed by atoms with van der Waals surface area (Å²) in [4.78, 5) is 5.00. The molecule has 9 aromatic carbocycles. The molecule has 334 valence electrons. The average Bonchev–Trinajstić information content (AvgIpc) is 4.20. The summed E-state index contributed by atoms with van der Waals surface area (Å²) < 4.78 is 102. The molecule has 13 rings (SSSR count). The molecule has 0 saturated heterocycles. The Balaban J connectivity index is 0.969. The van der Waals surface area contributed by atoms with Crippen LogP contribution in [0.25, 0.3) is 99.8 Å². The lowest BCUT2D eigenvalue weighted by atomic mass is 9.88. The predicted molar refractivity (Wildman–Crippen MR) is 286 cm³/mol. The largest absolute Gasteiger partial charge is 0.458 e. The standard InChI is InChI=1S/C64H47N5O/c1-64(2,3)45-36-37-65-62(38-45)69-60-40-47(68-56-28-12-10-24-52(56)53-25-11-13-29-57(53)68)32-34-54(60)55-35-33-49(41-61(55)69)70-48-23-16-22-46(39-48)66-42-67(59-31-15-14-30-58(59)66)63-50(43-18-6-4-7-19-43)26-17-27-51(63)44-20-8-5-9-21-44/h4-41H,1-3H3/i4D,5D,6D,7D,8D,9D,18D,19D,20D,21D. The number of rotatable bonds is 8. The lowest BCUT2D eigenvalue weighted by Crippen LogP contribution is -2.31. The van der Waals surface area contributed by atoms with Gasteiger partial charge < -0.3 is 9.30 Å². The number of imidazole rings is 1. The molecule has 0 aliphatic heterocycles. The summed E-state index contributed by atoms with van der Waals surface area (Å²) in [5.74, 6) is 1.84. The first-order chi connectivity index (χ1) is 38.5. The molecule has 0 fully saturated rings. The van der Waals surface area contributed by atoms with Crippen molar-refractivity contribution < 1.29 is 23.0 Å². The number of nitrogens with zero attached hydrogens (tertiary/aromatic N) is 5. The summed E-state index contributed by atoms with van der Waals surface area (Å²) in [6.07, 6.45) is 5.33. The van der Waals surface area contributed by atoms with Crippen molar-refractivity contribution in [1.82, 2.24) is 18.7 Å². The molecule has 0 N–H and O–H groups in total. The van der Waals surface area contributed by atoms with Gasteiger partial charge in [0.15, 0.2) is 0 Å². The van der Waals surface area contributed by atoms with Crippen LogP contribution >= 0.6 is 0 Å². The molecule has 0 unspecified atom stereocenters. The van der Waals surface area contributed by atoms with Gasteiger partial charge in [-0.2, -0.15) is 0 Å². The van der Waals surface area contributed by atoms with Gasteiger partial charge in [0.2, 0.25) is 0 Å². The Kier molecular flexibility index (Phi) is 7.45. The molecule has 0 radical (unpaired) electrons. The number of hydrogen-bond donors (Lipinski definition) is 0. The van der Waals surface area contributed by atoms with E-state index >= 15 is 0 Å². The summed E-state index contributed by atoms with van der Waals surface area (Å²) in [5.41, 5.74) is 8.13. The van der Waals surface area contributed by atoms with E-state index in [2.05, 4.69) is 121 Å². The van der Waals surface area contributed by atoms with Crippen LogP contribution in [0.5, 0.6) is 11.5 Å². The molecule has 0 bridgehead atoms. The third-order valence-electron chi connectivity index (χ3n) is 13.1. The van der Waals surface area contributed by atoms with Crippen LogP contribution in [-0.4, -0.2) is 18.7 Å². The maximum Gasteiger partial charge on any atom is 0.269 e. The van der Waals surface area contributed by atoms with E-state index in [9.17, 15) is 0 Å². The zero-order valence-electron chi connectivity index (χ0n) is 48.3. The maximum absolute atomic E-state index is 9.07. The minimum absolute atomic E-state index is 0.134. The highest BCUT2D eigenvalue weighted by atomic mass is 16.5. The van der Waals surface area contributed by atoms with Crippen LogP contribution in [0.1, 0.15) is 40.0 Å². The molecule has 0 amide bonds. The Bertz CT molecular complexity index is 4570. The van der Waals surface area contributed by atoms with Crippen molar-refractivity contribution in [2.75, 3.05) is 0 Å². The highest BCUT2D eigenvalue weighted by Crippen LogP contribution is 2.40. The van der Waals surface area contributed by atoms with Crippen molar-refractivity contribution in [2.24, 2.45) is 0 Å². The van der Waals surface area contributed by atoms with E-state index in [-0.39, 0.29) is 33.4 Å². The summed E-state index contributed by atoms with van der Waals surface area (Å²) in [6, 6.07) is 48.3. The number of benzene rings is 9. The van der Waals surface area contributed by atoms with E-state index in [0.717, 1.165) is 49.9 Å². The van der Waals surface area contributed by atoms with E-state index in [1.54, 1.807) is 27.3 Å². The number of hydrogen-bond acceptors (Lipinski definition) is 2. The van der Waals surface area contributed by atoms with Crippen LogP contribution in [0.15, 0.2) is 230 Å². The second kappa shape index (κ2) is 16.4. The molecule has 4 heterocycles. The lowest BCUT2D eigenvalue weighted by Gasteiger charge is -2.20. The minimum Gasteiger partial charge on any atom is -0.458 e. The van der Waals surface area contributed by atoms with E-state index in [1.807, 2.05) is 66.9 Å². The second-order valence-corrected chi connectivity index (χ2v) is 18.3. The van der Waals surface area contributed by atoms with Gasteiger partial charge in [-0.3, -0.25) is 13.7 Å². The van der Waals surface area contributed by atoms with Crippen LogP contribution in [0, 0.1) is 6.33 Å². The summed E-state index contributed by atoms with van der Waals surface area (Å²) in [6.45, 7) is 6.58. The first-order valence-corrected chi connectivity index (χ1v) is 23.0. The molecule has 4 aromatic heterocycles. The highest BCUT2D eigenvalue weighted by molar-refractivity contribution is 6.12. The quantitative estimate of drug-likeness (QED) is 0.113. The van der Waals surface area contributed by atoms with Gasteiger partial charge >= 0.3 is 0 Å². The van der Waals surface area contributed by atoms with Gasteiger partial charge in [-0.05, 0) is 100.0 Å². The van der Waals surface area contributed by atoms with Gasteiger partial charge in [0, 0.05) is 39.5 Å². The Morgan fingerprint density at radius 2 is 1.09 bits per heavy atom. The molecule has 6 nitrogen and oxygen atoms in total. The Labute approximate surface area is 420 Å². The number of ether oxygens (including phenoxy) is 1. The van der Waals surface area contributed by atoms with Gasteiger partial charge in [-0.25, -0.2) is 4.98 Å². The average molecular weight is 912 g/mol. The van der Waals surface area contributed by atoms with E-state index in [1.165, 1.54) is 10.8 Å². The van der Waals surface area contributed by atoms with Crippen molar-refractivity contribution in [2.45, 2.75) is 26.2 Å². The van der Waals surface area contributed by atoms with Crippen molar-refractivity contribution in [3.8, 4) is 56.6 Å². The molecule has 0 aliphatic carbocycles. The second-order valence-electron chi connectivity index (χ2n) is 18.3. The molecule has 0 aliphatic rings. The first-order valence-electron chi connectivity index (χ1n) is 28.0. The molecule has 0 saturated carbocycles. The number of para-hydroxylation sites is 5. The monoisotopic (exact) mass is 911 g/mol. The molecule has 13 aromatic rings. The lowest BCUT2D eigenvalue weighted by molar-refractivity contribution is -0.571. The van der Waals surface area contributed by atoms with Crippen molar-refractivity contribution >= 4 is 54.6 Å². The minimum atomic E-state index is -0.569. The van der Waals surface area contributed by atoms with E-state index in [0.29, 0.717) is 28.2 Å². The van der Waals surface area contributed by atoms with Gasteiger partial charge in [0.1, 0.15) is 17.3 Å². The Morgan fingerprint density at radius 3 is 1.77 bits per heavy atom. The summed E-state index contributed by atoms with van der Waals surface area (Å²) in [7, 11) is 0. The Morgan fingerprint density at radius 1 is 0.500 bits per heavy atom. The molecule has 6 heteroatoms. The topological polar surface area (TPSA) is 40.8 Å². The molecule has 70 heavy (non-hydrogen) atoms. The Hall–Kier alpha value is -9.00. The zero-order valence-corrected chi connectivity index (χ0v) is 38.3. The number of pyridine rings is 1. The van der Waals surface area contributed by atoms with Crippen LogP contribution in [0.4, 0.5) is 0 Å². The van der Waals surface area contributed by atoms with E-state index < -0.39 is 60.4 Å². The highest BCUT2D eigenvalue weighted by Gasteiger charge is 2.22. The summed E-state index contributed by atoms with van der Waals surface area (Å²) >= 11 is 0. The van der Waals surface area contributed by atoms with Gasteiger partial charge in [0.25, 0.3) is 6.33 Å². The van der Waals surface area contributed by atoms with Crippen molar-refractivity contribution in [1.29, 1.82) is 0 Å². The van der Waals surface area contributed by atoms with Gasteiger partial charge in [-0.15, -0.1) is 0 Å². The maximum atomic E-state index is 9.07. The first kappa shape index (κ1) is 31.9. The molecular formula is C64H47N5O. The van der Waals surface area contributed by atoms with E-state index in [4.69, 9.17) is 23.4 Å². The summed E-state index contributed by atoms with van der Waals surface area (Å²) in [5, 5.41) is 4.42. The number of fused-ring (bicyclic) bond motifs is 7. The molecule has 0 atom stereocenters. The molecule has 0 spiro atoms. The fourth-order valence-corrected chi connectivity index (χ4v) is 9.84. The van der Waals surface area contributed by atoms with Crippen LogP contribution < -0.4 is 9.30 Å². The smallest absolute Gasteiger partial charge is 0.269 e. The molecular weight excluding hydrogens is 855 g/mol. The van der Waals surface area contributed by atoms with Crippen molar-refractivity contribution in [3.63, 3.8) is 0 Å². The fraction of sp³-hybridized carbons (Fsp3) is 0.0625. The normalized spacial score (nSPS) is 13.9. The third kappa shape index (κ3) is 6.87. The van der Waals surface area contributed by atoms with Gasteiger partial charge in [0.05, 0.1) is 58.2 Å². The van der Waals surface area contributed by atoms with Crippen molar-refractivity contribution in [3.05, 3.63) is 242 Å². The van der Waals surface area contributed by atoms with Crippen LogP contribution in [0.2, 0.25) is 0 Å². The van der Waals surface area contributed by atoms with Crippen LogP contribution in [-0.2, 0) is 5.41 Å². The van der Waals surface area contributed by atoms with Crippen LogP contribution in [0.3, 0.4) is 0 Å². The number of aromatic nitrogens is 5. The zero-order chi connectivity index (χ0) is 55.6. The van der Waals surface area contributed by atoms with Gasteiger partial charge in [-0.1, -0.05) is 172 Å². The SMILES string of the molecule is [2H]c1c([2H])c([2H])c(-c2cccc(-c3c([2H])c([2H])c([2H])c([2H])c3[2H])c2-[n+]2[c-]n(-c3cccc(Oc4ccc5c6ccc(-n7c8ccccc8c8ccccc87)cc6n(-c6cc(C(C)(C)C)ccn6)c5c4)c3)c3ccccc32)c([2H])c1[2H].